The number of anilines is 1. The van der Waals surface area contributed by atoms with Crippen LogP contribution in [0.15, 0.2) is 48.8 Å². The molecule has 6 atom stereocenters. The van der Waals surface area contributed by atoms with E-state index in [9.17, 15) is 19.6 Å². The number of fused-ring (bicyclic) bond motifs is 1. The summed E-state index contributed by atoms with van der Waals surface area (Å²) in [6.07, 6.45) is -0.945. The Labute approximate surface area is 238 Å². The summed E-state index contributed by atoms with van der Waals surface area (Å²) < 4.78 is 38.3. The molecule has 0 unspecified atom stereocenters. The molecule has 0 radical (unpaired) electrons. The molecule has 14 heteroatoms. The minimum absolute atomic E-state index is 0.220. The van der Waals surface area contributed by atoms with Gasteiger partial charge in [0.15, 0.2) is 5.82 Å². The SMILES string of the molecule is CCC(CC)COC(=O)[C@H](C)N[P@](=O)(OC[C@H]1O[C@@](C)(c2ccc3c(N)ncnn23)[C@H](O)[C@@H]1O)Oc1ccccc1. The molecule has 0 amide bonds. The summed E-state index contributed by atoms with van der Waals surface area (Å²) in [5.74, 6) is 0.0760. The molecule has 2 aromatic heterocycles. The van der Waals surface area contributed by atoms with Gasteiger partial charge in [-0.15, -0.1) is 0 Å². The van der Waals surface area contributed by atoms with Crippen LogP contribution < -0.4 is 15.3 Å². The van der Waals surface area contributed by atoms with Crippen LogP contribution in [-0.2, 0) is 29.0 Å². The van der Waals surface area contributed by atoms with Crippen molar-refractivity contribution in [3.05, 3.63) is 54.5 Å². The topological polar surface area (TPSA) is 180 Å². The van der Waals surface area contributed by atoms with E-state index in [1.165, 1.54) is 17.8 Å². The highest BCUT2D eigenvalue weighted by Gasteiger charge is 2.54. The Bertz CT molecular complexity index is 1370. The summed E-state index contributed by atoms with van der Waals surface area (Å²) in [4.78, 5) is 16.6. The van der Waals surface area contributed by atoms with Crippen LogP contribution >= 0.6 is 7.75 Å². The second-order valence-corrected chi connectivity index (χ2v) is 11.9. The Morgan fingerprint density at radius 2 is 1.93 bits per heavy atom. The van der Waals surface area contributed by atoms with Crippen LogP contribution in [0.4, 0.5) is 5.82 Å². The van der Waals surface area contributed by atoms with E-state index in [0.717, 1.165) is 12.8 Å². The first-order valence-electron chi connectivity index (χ1n) is 13.6. The van der Waals surface area contributed by atoms with Gasteiger partial charge < -0.3 is 29.9 Å². The summed E-state index contributed by atoms with van der Waals surface area (Å²) >= 11 is 0. The van der Waals surface area contributed by atoms with E-state index in [2.05, 4.69) is 15.2 Å². The van der Waals surface area contributed by atoms with Crippen molar-refractivity contribution in [1.29, 1.82) is 0 Å². The lowest BCUT2D eigenvalue weighted by molar-refractivity contribution is -0.146. The smallest absolute Gasteiger partial charge is 0.459 e. The second kappa shape index (κ2) is 12.8. The van der Waals surface area contributed by atoms with Gasteiger partial charge in [-0.2, -0.15) is 10.2 Å². The van der Waals surface area contributed by atoms with Gasteiger partial charge in [-0.1, -0.05) is 44.9 Å². The van der Waals surface area contributed by atoms with Crippen LogP contribution in [0.1, 0.15) is 46.2 Å². The number of nitrogens with two attached hydrogens (primary N) is 1. The first-order valence-corrected chi connectivity index (χ1v) is 15.1. The zero-order valence-corrected chi connectivity index (χ0v) is 24.4. The second-order valence-electron chi connectivity index (χ2n) is 10.2. The van der Waals surface area contributed by atoms with E-state index in [1.807, 2.05) is 13.8 Å². The first-order chi connectivity index (χ1) is 19.5. The number of para-hydroxylation sites is 1. The van der Waals surface area contributed by atoms with Crippen LogP contribution in [0.5, 0.6) is 5.75 Å². The standard InChI is InChI=1S/C27H38N5O8P/c1-5-18(6-2)14-37-26(35)17(3)31-41(36,40-19-10-8-7-9-11-19)38-15-21-23(33)24(34)27(4,39-21)22-13-12-20-25(28)29-16-30-32(20)22/h7-13,16-18,21,23-24,33-34H,5-6,14-15H2,1-4H3,(H,31,36)(H2,28,29,30)/t17-,21+,23+,24+,27-,41-/m0/s1. The molecule has 41 heavy (non-hydrogen) atoms. The lowest BCUT2D eigenvalue weighted by Crippen LogP contribution is -2.40. The highest BCUT2D eigenvalue weighted by atomic mass is 31.2. The molecule has 0 saturated carbocycles. The summed E-state index contributed by atoms with van der Waals surface area (Å²) in [6.45, 7) is 6.92. The number of nitrogens with one attached hydrogen (secondary N) is 1. The molecule has 1 aromatic carbocycles. The number of carbonyl (C=O) groups excluding carboxylic acids is 1. The van der Waals surface area contributed by atoms with E-state index < -0.39 is 50.3 Å². The summed E-state index contributed by atoms with van der Waals surface area (Å²) in [5.41, 5.74) is 5.44. The largest absolute Gasteiger partial charge is 0.464 e. The third kappa shape index (κ3) is 6.72. The molecule has 1 fully saturated rings. The number of aromatic nitrogens is 3. The highest BCUT2D eigenvalue weighted by Crippen LogP contribution is 2.47. The fourth-order valence-corrected chi connectivity index (χ4v) is 6.18. The van der Waals surface area contributed by atoms with Crippen LogP contribution in [0.25, 0.3) is 5.52 Å². The normalized spacial score (nSPS) is 24.8. The Morgan fingerprint density at radius 3 is 2.61 bits per heavy atom. The van der Waals surface area contributed by atoms with Gasteiger partial charge in [-0.3, -0.25) is 9.32 Å². The van der Waals surface area contributed by atoms with Gasteiger partial charge in [0, 0.05) is 0 Å². The number of nitrogen functional groups attached to an aromatic ring is 1. The molecule has 0 spiro atoms. The summed E-state index contributed by atoms with van der Waals surface area (Å²) in [6, 6.07) is 10.6. The van der Waals surface area contributed by atoms with Gasteiger partial charge in [0.05, 0.1) is 18.9 Å². The maximum absolute atomic E-state index is 13.9. The van der Waals surface area contributed by atoms with Crippen molar-refractivity contribution >= 4 is 25.1 Å². The maximum atomic E-state index is 13.9. The molecule has 1 aliphatic rings. The maximum Gasteiger partial charge on any atom is 0.459 e. The predicted molar refractivity (Wildman–Crippen MR) is 150 cm³/mol. The van der Waals surface area contributed by atoms with E-state index >= 15 is 0 Å². The van der Waals surface area contributed by atoms with Crippen LogP contribution in [-0.4, -0.2) is 68.3 Å². The number of aliphatic hydroxyl groups excluding tert-OH is 2. The summed E-state index contributed by atoms with van der Waals surface area (Å²) in [7, 11) is -4.22. The summed E-state index contributed by atoms with van der Waals surface area (Å²) in [5, 5.41) is 28.7. The Balaban J connectivity index is 1.50. The highest BCUT2D eigenvalue weighted by molar-refractivity contribution is 7.52. The molecule has 1 aliphatic heterocycles. The van der Waals surface area contributed by atoms with E-state index in [0.29, 0.717) is 11.2 Å². The molecule has 5 N–H and O–H groups in total. The molecular weight excluding hydrogens is 553 g/mol. The Hall–Kier alpha value is -3.06. The number of carbonyl (C=O) groups is 1. The number of ether oxygens (including phenoxy) is 2. The third-order valence-corrected chi connectivity index (χ3v) is 9.00. The van der Waals surface area contributed by atoms with Gasteiger partial charge in [-0.25, -0.2) is 14.1 Å². The van der Waals surface area contributed by atoms with Crippen molar-refractivity contribution in [3.8, 4) is 5.75 Å². The number of hydrogen-bond donors (Lipinski definition) is 4. The first kappa shape index (κ1) is 30.9. The van der Waals surface area contributed by atoms with Crippen molar-refractivity contribution in [2.75, 3.05) is 18.9 Å². The Kier molecular flexibility index (Phi) is 9.68. The molecule has 224 valence electrons. The van der Waals surface area contributed by atoms with E-state index in [1.54, 1.807) is 49.4 Å². The van der Waals surface area contributed by atoms with Crippen LogP contribution in [0.3, 0.4) is 0 Å². The molecule has 1 saturated heterocycles. The number of esters is 1. The molecule has 0 aliphatic carbocycles. The van der Waals surface area contributed by atoms with Gasteiger partial charge >= 0.3 is 13.7 Å². The number of rotatable bonds is 13. The zero-order valence-electron chi connectivity index (χ0n) is 23.5. The number of benzene rings is 1. The van der Waals surface area contributed by atoms with Crippen LogP contribution in [0, 0.1) is 5.92 Å². The monoisotopic (exact) mass is 591 g/mol. The molecule has 13 nitrogen and oxygen atoms in total. The fraction of sp³-hybridized carbons (Fsp3) is 0.519. The minimum Gasteiger partial charge on any atom is -0.464 e. The number of nitrogens with zero attached hydrogens (tertiary/aromatic N) is 3. The van der Waals surface area contributed by atoms with Crippen LogP contribution in [0.2, 0.25) is 0 Å². The quantitative estimate of drug-likeness (QED) is 0.169. The third-order valence-electron chi connectivity index (χ3n) is 7.35. The Morgan fingerprint density at radius 1 is 1.22 bits per heavy atom. The van der Waals surface area contributed by atoms with Crippen molar-refractivity contribution < 1.29 is 38.1 Å². The average molecular weight is 592 g/mol. The van der Waals surface area contributed by atoms with Crippen molar-refractivity contribution in [2.45, 2.75) is 70.5 Å². The molecule has 3 aromatic rings. The van der Waals surface area contributed by atoms with Gasteiger partial charge in [-0.05, 0) is 44.0 Å². The lowest BCUT2D eigenvalue weighted by Gasteiger charge is -2.27. The molecule has 4 rings (SSSR count). The van der Waals surface area contributed by atoms with E-state index in [-0.39, 0.29) is 24.1 Å². The van der Waals surface area contributed by atoms with Crippen molar-refractivity contribution in [2.24, 2.45) is 5.92 Å². The minimum atomic E-state index is -4.22. The molecular formula is C27H38N5O8P. The van der Waals surface area contributed by atoms with Gasteiger partial charge in [0.25, 0.3) is 0 Å². The zero-order chi connectivity index (χ0) is 29.8. The van der Waals surface area contributed by atoms with E-state index in [4.69, 9.17) is 24.3 Å². The van der Waals surface area contributed by atoms with Gasteiger partial charge in [0.2, 0.25) is 0 Å². The predicted octanol–water partition coefficient (Wildman–Crippen LogP) is 2.81. The number of hydrogen-bond acceptors (Lipinski definition) is 11. The number of aliphatic hydroxyl groups is 2. The van der Waals surface area contributed by atoms with Crippen molar-refractivity contribution in [1.82, 2.24) is 19.7 Å². The van der Waals surface area contributed by atoms with Crippen molar-refractivity contribution in [3.63, 3.8) is 0 Å². The lowest BCUT2D eigenvalue weighted by atomic mass is 9.93. The molecule has 0 bridgehead atoms. The average Bonchev–Trinajstić information content (AvgIpc) is 3.49. The fourth-order valence-electron chi connectivity index (χ4n) is 4.68. The van der Waals surface area contributed by atoms with Gasteiger partial charge in [0.1, 0.15) is 47.5 Å². The molecule has 3 heterocycles.